The van der Waals surface area contributed by atoms with Crippen LogP contribution in [0, 0.1) is 5.82 Å². The highest BCUT2D eigenvalue weighted by Crippen LogP contribution is 2.03. The number of rotatable bonds is 1. The zero-order valence-corrected chi connectivity index (χ0v) is 8.29. The Morgan fingerprint density at radius 2 is 2.07 bits per heavy atom. The standard InChI is InChI=1S/C6H6FNO.C4H9N/c1-9-6-3-2-5(7)4-8-6;1-2-4-5-3-1/h2-4H,1H3;5H,1-4H2. The van der Waals surface area contributed by atoms with Crippen molar-refractivity contribution >= 4 is 0 Å². The van der Waals surface area contributed by atoms with E-state index < -0.39 is 0 Å². The molecule has 0 bridgehead atoms. The molecule has 1 aliphatic rings. The lowest BCUT2D eigenvalue weighted by Gasteiger charge is -1.94. The highest BCUT2D eigenvalue weighted by Gasteiger charge is 1.93. The van der Waals surface area contributed by atoms with Crippen molar-refractivity contribution in [3.05, 3.63) is 24.1 Å². The molecule has 0 unspecified atom stereocenters. The summed E-state index contributed by atoms with van der Waals surface area (Å²) in [6.45, 7) is 2.50. The Kier molecular flexibility index (Phi) is 4.93. The number of hydrogen-bond donors (Lipinski definition) is 1. The summed E-state index contributed by atoms with van der Waals surface area (Å²) < 4.78 is 16.8. The van der Waals surface area contributed by atoms with Gasteiger partial charge in [-0.25, -0.2) is 9.37 Å². The first-order valence-electron chi connectivity index (χ1n) is 4.69. The molecule has 0 atom stereocenters. The monoisotopic (exact) mass is 198 g/mol. The summed E-state index contributed by atoms with van der Waals surface area (Å²) in [5.41, 5.74) is 0. The molecule has 1 fully saturated rings. The first-order valence-corrected chi connectivity index (χ1v) is 4.69. The number of pyridine rings is 1. The normalized spacial score (nSPS) is 14.4. The van der Waals surface area contributed by atoms with Crippen LogP contribution in [0.25, 0.3) is 0 Å². The van der Waals surface area contributed by atoms with Crippen LogP contribution < -0.4 is 10.1 Å². The van der Waals surface area contributed by atoms with E-state index >= 15 is 0 Å². The predicted molar refractivity (Wildman–Crippen MR) is 52.9 cm³/mol. The molecular weight excluding hydrogens is 183 g/mol. The Bertz CT molecular complexity index is 239. The number of nitrogens with zero attached hydrogens (tertiary/aromatic N) is 1. The van der Waals surface area contributed by atoms with Crippen LogP contribution in [-0.2, 0) is 0 Å². The first kappa shape index (κ1) is 10.9. The topological polar surface area (TPSA) is 34.1 Å². The first-order chi connectivity index (χ1) is 6.83. The average molecular weight is 198 g/mol. The summed E-state index contributed by atoms with van der Waals surface area (Å²) in [6.07, 6.45) is 3.89. The molecule has 4 heteroatoms. The van der Waals surface area contributed by atoms with Crippen LogP contribution in [0.2, 0.25) is 0 Å². The molecule has 1 N–H and O–H groups in total. The molecule has 1 aliphatic heterocycles. The highest BCUT2D eigenvalue weighted by molar-refractivity contribution is 5.09. The van der Waals surface area contributed by atoms with Gasteiger partial charge in [-0.3, -0.25) is 0 Å². The fourth-order valence-electron chi connectivity index (χ4n) is 1.11. The van der Waals surface area contributed by atoms with Gasteiger partial charge in [-0.1, -0.05) is 0 Å². The minimum atomic E-state index is -0.351. The van der Waals surface area contributed by atoms with E-state index in [1.54, 1.807) is 0 Å². The summed E-state index contributed by atoms with van der Waals surface area (Å²) in [7, 11) is 1.49. The summed E-state index contributed by atoms with van der Waals surface area (Å²) in [6, 6.07) is 2.77. The van der Waals surface area contributed by atoms with Crippen molar-refractivity contribution < 1.29 is 9.13 Å². The van der Waals surface area contributed by atoms with Gasteiger partial charge in [-0.2, -0.15) is 0 Å². The van der Waals surface area contributed by atoms with Crippen LogP contribution in [0.3, 0.4) is 0 Å². The van der Waals surface area contributed by atoms with Crippen LogP contribution in [0.4, 0.5) is 4.39 Å². The molecule has 0 aliphatic carbocycles. The van der Waals surface area contributed by atoms with Gasteiger partial charge in [0.15, 0.2) is 0 Å². The molecule has 1 aromatic heterocycles. The van der Waals surface area contributed by atoms with E-state index in [0.29, 0.717) is 5.88 Å². The van der Waals surface area contributed by atoms with Crippen LogP contribution in [-0.4, -0.2) is 25.2 Å². The molecule has 0 amide bonds. The van der Waals surface area contributed by atoms with Gasteiger partial charge in [0.1, 0.15) is 5.82 Å². The molecule has 2 heterocycles. The van der Waals surface area contributed by atoms with Crippen molar-refractivity contribution in [2.24, 2.45) is 0 Å². The van der Waals surface area contributed by atoms with Crippen molar-refractivity contribution in [2.45, 2.75) is 12.8 Å². The molecule has 1 aromatic rings. The Morgan fingerprint density at radius 1 is 1.36 bits per heavy atom. The number of hydrogen-bond acceptors (Lipinski definition) is 3. The maximum atomic E-state index is 12.1. The van der Waals surface area contributed by atoms with Gasteiger partial charge in [0.05, 0.1) is 13.3 Å². The number of nitrogens with one attached hydrogen (secondary N) is 1. The Balaban J connectivity index is 0.000000165. The quantitative estimate of drug-likeness (QED) is 0.744. The lowest BCUT2D eigenvalue weighted by atomic mass is 10.4. The van der Waals surface area contributed by atoms with Crippen LogP contribution in [0.1, 0.15) is 12.8 Å². The van der Waals surface area contributed by atoms with Crippen LogP contribution >= 0.6 is 0 Å². The molecule has 2 rings (SSSR count). The van der Waals surface area contributed by atoms with Gasteiger partial charge in [-0.15, -0.1) is 0 Å². The third-order valence-corrected chi connectivity index (χ3v) is 1.87. The van der Waals surface area contributed by atoms with Crippen molar-refractivity contribution in [1.82, 2.24) is 10.3 Å². The van der Waals surface area contributed by atoms with Gasteiger partial charge in [0, 0.05) is 6.07 Å². The van der Waals surface area contributed by atoms with Crippen LogP contribution in [0.5, 0.6) is 5.88 Å². The summed E-state index contributed by atoms with van der Waals surface area (Å²) in [5, 5.41) is 3.22. The van der Waals surface area contributed by atoms with Crippen molar-refractivity contribution in [1.29, 1.82) is 0 Å². The lowest BCUT2D eigenvalue weighted by Crippen LogP contribution is -2.03. The number of aromatic nitrogens is 1. The number of methoxy groups -OCH3 is 1. The van der Waals surface area contributed by atoms with E-state index in [-0.39, 0.29) is 5.82 Å². The fraction of sp³-hybridized carbons (Fsp3) is 0.500. The van der Waals surface area contributed by atoms with E-state index in [1.807, 2.05) is 0 Å². The van der Waals surface area contributed by atoms with Crippen molar-refractivity contribution in [3.8, 4) is 5.88 Å². The minimum absolute atomic E-state index is 0.351. The van der Waals surface area contributed by atoms with E-state index in [0.717, 1.165) is 6.20 Å². The second kappa shape index (κ2) is 6.32. The Morgan fingerprint density at radius 3 is 2.43 bits per heavy atom. The van der Waals surface area contributed by atoms with Crippen molar-refractivity contribution in [2.75, 3.05) is 20.2 Å². The van der Waals surface area contributed by atoms with E-state index in [2.05, 4.69) is 10.3 Å². The summed E-state index contributed by atoms with van der Waals surface area (Å²) >= 11 is 0. The molecule has 0 spiro atoms. The molecule has 14 heavy (non-hydrogen) atoms. The van der Waals surface area contributed by atoms with Gasteiger partial charge in [-0.05, 0) is 32.0 Å². The third kappa shape index (κ3) is 4.18. The number of halogens is 1. The highest BCUT2D eigenvalue weighted by atomic mass is 19.1. The largest absolute Gasteiger partial charge is 0.481 e. The second-order valence-electron chi connectivity index (χ2n) is 2.98. The second-order valence-corrected chi connectivity index (χ2v) is 2.98. The maximum Gasteiger partial charge on any atom is 0.213 e. The maximum absolute atomic E-state index is 12.1. The molecular formula is C10H15FN2O. The Hall–Kier alpha value is -1.16. The molecule has 78 valence electrons. The smallest absolute Gasteiger partial charge is 0.213 e. The summed E-state index contributed by atoms with van der Waals surface area (Å²) in [5.74, 6) is 0.0761. The predicted octanol–water partition coefficient (Wildman–Crippen LogP) is 1.60. The van der Waals surface area contributed by atoms with Gasteiger partial charge >= 0.3 is 0 Å². The summed E-state index contributed by atoms with van der Waals surface area (Å²) in [4.78, 5) is 3.60. The molecule has 0 saturated carbocycles. The van der Waals surface area contributed by atoms with Gasteiger partial charge in [0.2, 0.25) is 5.88 Å². The van der Waals surface area contributed by atoms with Gasteiger partial charge < -0.3 is 10.1 Å². The van der Waals surface area contributed by atoms with E-state index in [4.69, 9.17) is 4.74 Å². The molecule has 0 radical (unpaired) electrons. The number of ether oxygens (including phenoxy) is 1. The zero-order valence-electron chi connectivity index (χ0n) is 8.29. The average Bonchev–Trinajstić information content (AvgIpc) is 2.77. The zero-order chi connectivity index (χ0) is 10.2. The molecule has 3 nitrogen and oxygen atoms in total. The van der Waals surface area contributed by atoms with Crippen molar-refractivity contribution in [3.63, 3.8) is 0 Å². The Labute approximate surface area is 83.3 Å². The van der Waals surface area contributed by atoms with E-state index in [1.165, 1.54) is 45.2 Å². The van der Waals surface area contributed by atoms with E-state index in [9.17, 15) is 4.39 Å². The van der Waals surface area contributed by atoms with Crippen LogP contribution in [0.15, 0.2) is 18.3 Å². The third-order valence-electron chi connectivity index (χ3n) is 1.87. The fourth-order valence-corrected chi connectivity index (χ4v) is 1.11. The van der Waals surface area contributed by atoms with Gasteiger partial charge in [0.25, 0.3) is 0 Å². The lowest BCUT2D eigenvalue weighted by molar-refractivity contribution is 0.396. The SMILES string of the molecule is C1CCNC1.COc1ccc(F)cn1. The minimum Gasteiger partial charge on any atom is -0.481 e. The molecule has 1 saturated heterocycles. The molecule has 0 aromatic carbocycles.